The normalized spacial score (nSPS) is 11.2. The smallest absolute Gasteiger partial charge is 0.422 e. The van der Waals surface area contributed by atoms with Crippen molar-refractivity contribution in [3.63, 3.8) is 0 Å². The van der Waals surface area contributed by atoms with Crippen molar-refractivity contribution < 1.29 is 27.5 Å². The number of ketones is 1. The number of carbonyl (C=O) groups excluding carboxylic acids is 2. The summed E-state index contributed by atoms with van der Waals surface area (Å²) in [6, 6.07) is 4.68. The van der Waals surface area contributed by atoms with Crippen LogP contribution in [0.2, 0.25) is 0 Å². The van der Waals surface area contributed by atoms with E-state index in [0.717, 1.165) is 0 Å². The number of Topliss-reactive ketones (excluding diaryl/α,β-unsaturated/α-hetero) is 1. The van der Waals surface area contributed by atoms with Crippen molar-refractivity contribution in [3.05, 3.63) is 53.0 Å². The number of halogens is 3. The summed E-state index contributed by atoms with van der Waals surface area (Å²) < 4.78 is 41.3. The van der Waals surface area contributed by atoms with Crippen LogP contribution in [0.25, 0.3) is 0 Å². The van der Waals surface area contributed by atoms with Gasteiger partial charge < -0.3 is 10.1 Å². The van der Waals surface area contributed by atoms with Crippen molar-refractivity contribution in [1.82, 2.24) is 15.3 Å². The molecule has 0 aliphatic heterocycles. The molecule has 28 heavy (non-hydrogen) atoms. The summed E-state index contributed by atoms with van der Waals surface area (Å²) in [6.45, 7) is 2.05. The van der Waals surface area contributed by atoms with E-state index < -0.39 is 12.8 Å². The molecular weight excluding hydrogens is 375 g/mol. The molecule has 0 fully saturated rings. The van der Waals surface area contributed by atoms with Crippen LogP contribution in [0.4, 0.5) is 13.2 Å². The molecule has 0 saturated heterocycles. The number of amides is 1. The summed E-state index contributed by atoms with van der Waals surface area (Å²) in [7, 11) is 0. The van der Waals surface area contributed by atoms with Crippen LogP contribution < -0.4 is 10.1 Å². The van der Waals surface area contributed by atoms with E-state index in [4.69, 9.17) is 0 Å². The second-order valence-corrected chi connectivity index (χ2v) is 6.16. The van der Waals surface area contributed by atoms with Crippen LogP contribution in [0, 0.1) is 6.92 Å². The van der Waals surface area contributed by atoms with Gasteiger partial charge in [-0.25, -0.2) is 4.98 Å². The third-order valence-electron chi connectivity index (χ3n) is 3.76. The minimum Gasteiger partial charge on any atom is -0.468 e. The number of hydrogen-bond acceptors (Lipinski definition) is 5. The van der Waals surface area contributed by atoms with Gasteiger partial charge in [-0.3, -0.25) is 14.6 Å². The van der Waals surface area contributed by atoms with Crippen molar-refractivity contribution in [2.75, 3.05) is 6.61 Å². The number of alkyl halides is 3. The topological polar surface area (TPSA) is 81.2 Å². The highest BCUT2D eigenvalue weighted by Crippen LogP contribution is 2.20. The maximum absolute atomic E-state index is 12.3. The van der Waals surface area contributed by atoms with Gasteiger partial charge in [0.05, 0.1) is 0 Å². The Bertz CT molecular complexity index is 854. The predicted molar refractivity (Wildman–Crippen MR) is 94.9 cm³/mol. The molecule has 0 saturated carbocycles. The Kier molecular flexibility index (Phi) is 7.08. The van der Waals surface area contributed by atoms with E-state index in [9.17, 15) is 22.8 Å². The van der Waals surface area contributed by atoms with E-state index in [1.165, 1.54) is 18.5 Å². The summed E-state index contributed by atoms with van der Waals surface area (Å²) in [5, 5.41) is 2.70. The van der Waals surface area contributed by atoms with Gasteiger partial charge >= 0.3 is 6.18 Å². The number of hydrogen-bond donors (Lipinski definition) is 1. The largest absolute Gasteiger partial charge is 0.468 e. The van der Waals surface area contributed by atoms with Crippen molar-refractivity contribution in [2.45, 2.75) is 39.4 Å². The average molecular weight is 395 g/mol. The van der Waals surface area contributed by atoms with E-state index in [2.05, 4.69) is 20.0 Å². The fourth-order valence-corrected chi connectivity index (χ4v) is 2.35. The van der Waals surface area contributed by atoms with Crippen molar-refractivity contribution in [3.8, 4) is 5.88 Å². The number of aryl methyl sites for hydroxylation is 1. The highest BCUT2D eigenvalue weighted by molar-refractivity contribution is 5.94. The minimum atomic E-state index is -4.44. The summed E-state index contributed by atoms with van der Waals surface area (Å²) in [4.78, 5) is 31.8. The maximum atomic E-state index is 12.3. The van der Waals surface area contributed by atoms with Crippen LogP contribution in [0.15, 0.2) is 30.6 Å². The Morgan fingerprint density at radius 2 is 1.96 bits per heavy atom. The molecule has 1 amide bonds. The zero-order valence-electron chi connectivity index (χ0n) is 15.5. The van der Waals surface area contributed by atoms with Crippen LogP contribution in [0.3, 0.4) is 0 Å². The molecule has 2 aromatic heterocycles. The first kappa shape index (κ1) is 21.3. The van der Waals surface area contributed by atoms with Gasteiger partial charge in [0.1, 0.15) is 5.78 Å². The molecule has 2 heterocycles. The maximum Gasteiger partial charge on any atom is 0.422 e. The van der Waals surface area contributed by atoms with E-state index in [1.807, 2.05) is 0 Å². The number of rotatable bonds is 8. The number of carbonyl (C=O) groups is 2. The number of nitrogens with zero attached hydrogens (tertiary/aromatic N) is 2. The number of aromatic nitrogens is 2. The predicted octanol–water partition coefficient (Wildman–Crippen LogP) is 3.18. The lowest BCUT2D eigenvalue weighted by Gasteiger charge is -2.12. The SMILES string of the molecule is CCC(=O)Cc1cc(C(=O)NCc2cnc(OCC(F)(F)F)c(C)c2)ccn1. The van der Waals surface area contributed by atoms with Crippen LogP contribution in [-0.4, -0.2) is 34.4 Å². The third-order valence-corrected chi connectivity index (χ3v) is 3.76. The van der Waals surface area contributed by atoms with Crippen LogP contribution in [-0.2, 0) is 17.8 Å². The first-order chi connectivity index (χ1) is 13.2. The molecule has 150 valence electrons. The van der Waals surface area contributed by atoms with Gasteiger partial charge in [-0.1, -0.05) is 6.92 Å². The van der Waals surface area contributed by atoms with Crippen LogP contribution >= 0.6 is 0 Å². The average Bonchev–Trinajstić information content (AvgIpc) is 2.64. The third kappa shape index (κ3) is 6.64. The molecule has 0 aliphatic carbocycles. The molecule has 0 spiro atoms. The molecule has 0 aliphatic rings. The van der Waals surface area contributed by atoms with Gasteiger partial charge in [-0.15, -0.1) is 0 Å². The Balaban J connectivity index is 1.96. The molecule has 1 N–H and O–H groups in total. The molecule has 0 unspecified atom stereocenters. The molecule has 2 aromatic rings. The number of ether oxygens (including phenoxy) is 1. The van der Waals surface area contributed by atoms with E-state index >= 15 is 0 Å². The second kappa shape index (κ2) is 9.29. The molecule has 2 rings (SSSR count). The molecule has 0 aromatic carbocycles. The lowest BCUT2D eigenvalue weighted by molar-refractivity contribution is -0.154. The Morgan fingerprint density at radius 1 is 1.21 bits per heavy atom. The zero-order chi connectivity index (χ0) is 20.7. The molecular formula is C19H20F3N3O3. The van der Waals surface area contributed by atoms with E-state index in [1.54, 1.807) is 26.0 Å². The van der Waals surface area contributed by atoms with Gasteiger partial charge in [-0.2, -0.15) is 13.2 Å². The standard InChI is InChI=1S/C19H20F3N3O3/c1-3-16(26)8-15-7-14(4-5-23-15)17(27)24-9-13-6-12(2)18(25-10-13)28-11-19(20,21)22/h4-7,10H,3,8-9,11H2,1-2H3,(H,24,27). The van der Waals surface area contributed by atoms with Gasteiger partial charge in [0.15, 0.2) is 6.61 Å². The summed E-state index contributed by atoms with van der Waals surface area (Å²) in [5.74, 6) is -0.436. The highest BCUT2D eigenvalue weighted by atomic mass is 19.4. The molecule has 6 nitrogen and oxygen atoms in total. The number of nitrogens with one attached hydrogen (secondary N) is 1. The van der Waals surface area contributed by atoms with Gasteiger partial charge in [0.2, 0.25) is 5.88 Å². The lowest BCUT2D eigenvalue weighted by atomic mass is 10.1. The molecule has 0 radical (unpaired) electrons. The first-order valence-electron chi connectivity index (χ1n) is 8.58. The quantitative estimate of drug-likeness (QED) is 0.743. The summed E-state index contributed by atoms with van der Waals surface area (Å²) in [5.41, 5.74) is 1.92. The van der Waals surface area contributed by atoms with Crippen molar-refractivity contribution >= 4 is 11.7 Å². The Hall–Kier alpha value is -2.97. The zero-order valence-corrected chi connectivity index (χ0v) is 15.5. The van der Waals surface area contributed by atoms with Crippen LogP contribution in [0.5, 0.6) is 5.88 Å². The Labute approximate surface area is 160 Å². The number of pyridine rings is 2. The van der Waals surface area contributed by atoms with Crippen molar-refractivity contribution in [2.24, 2.45) is 0 Å². The van der Waals surface area contributed by atoms with Gasteiger partial charge in [0, 0.05) is 48.6 Å². The fraction of sp³-hybridized carbons (Fsp3) is 0.368. The minimum absolute atomic E-state index is 0.0273. The van der Waals surface area contributed by atoms with E-state index in [0.29, 0.717) is 28.8 Å². The van der Waals surface area contributed by atoms with Crippen LogP contribution in [0.1, 0.15) is 40.5 Å². The highest BCUT2D eigenvalue weighted by Gasteiger charge is 2.29. The summed E-state index contributed by atoms with van der Waals surface area (Å²) >= 11 is 0. The first-order valence-corrected chi connectivity index (χ1v) is 8.58. The van der Waals surface area contributed by atoms with Gasteiger partial charge in [-0.05, 0) is 30.7 Å². The fourth-order valence-electron chi connectivity index (χ4n) is 2.35. The molecule has 9 heteroatoms. The lowest BCUT2D eigenvalue weighted by Crippen LogP contribution is -2.23. The monoisotopic (exact) mass is 395 g/mol. The van der Waals surface area contributed by atoms with E-state index in [-0.39, 0.29) is 30.5 Å². The molecule has 0 bridgehead atoms. The molecule has 0 atom stereocenters. The second-order valence-electron chi connectivity index (χ2n) is 6.16. The summed E-state index contributed by atoms with van der Waals surface area (Å²) in [6.07, 6.45) is -1.07. The van der Waals surface area contributed by atoms with Gasteiger partial charge in [0.25, 0.3) is 5.91 Å². The van der Waals surface area contributed by atoms with Crippen molar-refractivity contribution in [1.29, 1.82) is 0 Å². The Morgan fingerprint density at radius 3 is 2.61 bits per heavy atom.